The summed E-state index contributed by atoms with van der Waals surface area (Å²) >= 11 is 7.20. The van der Waals surface area contributed by atoms with Gasteiger partial charge in [-0.2, -0.15) is 0 Å². The number of nitrogens with zero attached hydrogens (tertiary/aromatic N) is 1. The van der Waals surface area contributed by atoms with Crippen LogP contribution in [0.5, 0.6) is 5.75 Å². The van der Waals surface area contributed by atoms with Gasteiger partial charge in [-0.25, -0.2) is 9.37 Å². The normalized spacial score (nSPS) is 10.4. The van der Waals surface area contributed by atoms with Crippen molar-refractivity contribution in [3.8, 4) is 5.75 Å². The van der Waals surface area contributed by atoms with Crippen LogP contribution in [0.3, 0.4) is 0 Å². The Morgan fingerprint density at radius 1 is 1.50 bits per heavy atom. The molecule has 0 amide bonds. The van der Waals surface area contributed by atoms with Crippen molar-refractivity contribution >= 4 is 28.1 Å². The predicted octanol–water partition coefficient (Wildman–Crippen LogP) is 3.95. The highest BCUT2D eigenvalue weighted by Crippen LogP contribution is 2.23. The molecule has 0 bridgehead atoms. The van der Waals surface area contributed by atoms with E-state index in [1.54, 1.807) is 12.3 Å². The molecule has 96 valence electrons. The molecule has 1 aromatic carbocycles. The van der Waals surface area contributed by atoms with E-state index < -0.39 is 5.82 Å². The Morgan fingerprint density at radius 2 is 2.33 bits per heavy atom. The summed E-state index contributed by atoms with van der Waals surface area (Å²) in [6.07, 6.45) is 1.76. The van der Waals surface area contributed by atoms with Crippen molar-refractivity contribution in [2.75, 3.05) is 11.9 Å². The molecule has 2 rings (SSSR count). The molecule has 0 atom stereocenters. The Morgan fingerprint density at radius 3 is 3.06 bits per heavy atom. The van der Waals surface area contributed by atoms with Crippen LogP contribution in [0.2, 0.25) is 5.02 Å². The van der Waals surface area contributed by atoms with E-state index in [2.05, 4.69) is 10.3 Å². The number of hydrogen-bond donors (Lipinski definition) is 1. The van der Waals surface area contributed by atoms with Crippen molar-refractivity contribution in [3.05, 3.63) is 40.1 Å². The van der Waals surface area contributed by atoms with Crippen molar-refractivity contribution in [3.63, 3.8) is 0 Å². The summed E-state index contributed by atoms with van der Waals surface area (Å²) in [7, 11) is 0. The molecule has 0 unspecified atom stereocenters. The van der Waals surface area contributed by atoms with Crippen LogP contribution in [0.15, 0.2) is 24.4 Å². The van der Waals surface area contributed by atoms with Crippen LogP contribution < -0.4 is 10.1 Å². The molecule has 0 radical (unpaired) electrons. The monoisotopic (exact) mass is 286 g/mol. The van der Waals surface area contributed by atoms with Crippen LogP contribution in [-0.4, -0.2) is 11.5 Å². The zero-order chi connectivity index (χ0) is 13.0. The molecule has 0 aliphatic rings. The van der Waals surface area contributed by atoms with Gasteiger partial charge in [0.05, 0.1) is 9.90 Å². The molecule has 1 heterocycles. The van der Waals surface area contributed by atoms with E-state index >= 15 is 0 Å². The topological polar surface area (TPSA) is 34.2 Å². The standard InChI is InChI=1S/C12H12ClFN2OS/c1-2-15-12-16-6-9(18-12)7-17-8-3-4-11(14)10(13)5-8/h3-6H,2,7H2,1H3,(H,15,16). The minimum Gasteiger partial charge on any atom is -0.488 e. The lowest BCUT2D eigenvalue weighted by Gasteiger charge is -2.04. The minimum atomic E-state index is -0.448. The van der Waals surface area contributed by atoms with Crippen LogP contribution in [0.4, 0.5) is 9.52 Å². The lowest BCUT2D eigenvalue weighted by atomic mass is 10.3. The van der Waals surface area contributed by atoms with Gasteiger partial charge < -0.3 is 10.1 Å². The minimum absolute atomic E-state index is 0.0603. The maximum atomic E-state index is 12.9. The Balaban J connectivity index is 1.95. The zero-order valence-electron chi connectivity index (χ0n) is 9.74. The smallest absolute Gasteiger partial charge is 0.182 e. The van der Waals surface area contributed by atoms with Crippen molar-refractivity contribution < 1.29 is 9.13 Å². The largest absolute Gasteiger partial charge is 0.488 e. The predicted molar refractivity (Wildman–Crippen MR) is 72.0 cm³/mol. The summed E-state index contributed by atoms with van der Waals surface area (Å²) < 4.78 is 18.5. The van der Waals surface area contributed by atoms with Gasteiger partial charge in [-0.3, -0.25) is 0 Å². The highest BCUT2D eigenvalue weighted by atomic mass is 35.5. The lowest BCUT2D eigenvalue weighted by Crippen LogP contribution is -1.94. The van der Waals surface area contributed by atoms with Gasteiger partial charge in [0.1, 0.15) is 18.2 Å². The van der Waals surface area contributed by atoms with Gasteiger partial charge in [-0.15, -0.1) is 0 Å². The first-order valence-corrected chi connectivity index (χ1v) is 6.65. The maximum Gasteiger partial charge on any atom is 0.182 e. The van der Waals surface area contributed by atoms with Crippen molar-refractivity contribution in [2.45, 2.75) is 13.5 Å². The van der Waals surface area contributed by atoms with Gasteiger partial charge in [0.2, 0.25) is 0 Å². The van der Waals surface area contributed by atoms with Crippen LogP contribution in [-0.2, 0) is 6.61 Å². The molecule has 0 spiro atoms. The van der Waals surface area contributed by atoms with Crippen molar-refractivity contribution in [1.82, 2.24) is 4.98 Å². The molecule has 1 aromatic heterocycles. The number of ether oxygens (including phenoxy) is 1. The Labute approximate surface area is 114 Å². The number of rotatable bonds is 5. The third kappa shape index (κ3) is 3.34. The van der Waals surface area contributed by atoms with Crippen LogP contribution >= 0.6 is 22.9 Å². The van der Waals surface area contributed by atoms with Gasteiger partial charge in [0.25, 0.3) is 0 Å². The van der Waals surface area contributed by atoms with Crippen molar-refractivity contribution in [1.29, 1.82) is 0 Å². The summed E-state index contributed by atoms with van der Waals surface area (Å²) in [5.74, 6) is 0.0936. The van der Waals surface area contributed by atoms with E-state index in [1.807, 2.05) is 6.92 Å². The number of benzene rings is 1. The van der Waals surface area contributed by atoms with Crippen LogP contribution in [0.1, 0.15) is 11.8 Å². The second kappa shape index (κ2) is 6.02. The number of thiazole rings is 1. The summed E-state index contributed by atoms with van der Waals surface area (Å²) in [5, 5.41) is 4.05. The SMILES string of the molecule is CCNc1ncc(COc2ccc(F)c(Cl)c2)s1. The molecule has 0 fully saturated rings. The van der Waals surface area contributed by atoms with Gasteiger partial charge in [-0.1, -0.05) is 22.9 Å². The third-order valence-corrected chi connectivity index (χ3v) is 3.37. The summed E-state index contributed by atoms with van der Waals surface area (Å²) in [6, 6.07) is 4.30. The van der Waals surface area contributed by atoms with E-state index in [9.17, 15) is 4.39 Å². The molecule has 3 nitrogen and oxygen atoms in total. The highest BCUT2D eigenvalue weighted by molar-refractivity contribution is 7.15. The molecule has 1 N–H and O–H groups in total. The molecule has 0 aliphatic heterocycles. The first kappa shape index (κ1) is 13.1. The maximum absolute atomic E-state index is 12.9. The van der Waals surface area contributed by atoms with E-state index in [4.69, 9.17) is 16.3 Å². The molecule has 18 heavy (non-hydrogen) atoms. The van der Waals surface area contributed by atoms with Gasteiger partial charge >= 0.3 is 0 Å². The van der Waals surface area contributed by atoms with Crippen LogP contribution in [0.25, 0.3) is 0 Å². The van der Waals surface area contributed by atoms with E-state index in [1.165, 1.54) is 23.5 Å². The van der Waals surface area contributed by atoms with E-state index in [0.717, 1.165) is 16.6 Å². The average Bonchev–Trinajstić information content (AvgIpc) is 2.79. The summed E-state index contributed by atoms with van der Waals surface area (Å²) in [5.41, 5.74) is 0. The Kier molecular flexibility index (Phi) is 4.38. The second-order valence-corrected chi connectivity index (χ2v) is 5.05. The number of aromatic nitrogens is 1. The quantitative estimate of drug-likeness (QED) is 0.904. The van der Waals surface area contributed by atoms with E-state index in [-0.39, 0.29) is 5.02 Å². The highest BCUT2D eigenvalue weighted by Gasteiger charge is 2.04. The van der Waals surface area contributed by atoms with Gasteiger partial charge in [-0.05, 0) is 19.1 Å². The molecule has 6 heteroatoms. The third-order valence-electron chi connectivity index (χ3n) is 2.15. The first-order chi connectivity index (χ1) is 8.69. The van der Waals surface area contributed by atoms with Gasteiger partial charge in [0, 0.05) is 18.8 Å². The number of nitrogens with one attached hydrogen (secondary N) is 1. The first-order valence-electron chi connectivity index (χ1n) is 5.45. The molecular weight excluding hydrogens is 275 g/mol. The van der Waals surface area contributed by atoms with Gasteiger partial charge in [0.15, 0.2) is 5.13 Å². The molecule has 0 saturated heterocycles. The van der Waals surface area contributed by atoms with E-state index in [0.29, 0.717) is 12.4 Å². The van der Waals surface area contributed by atoms with Crippen LogP contribution in [0, 0.1) is 5.82 Å². The number of halogens is 2. The number of anilines is 1. The molecular formula is C12H12ClFN2OS. The fraction of sp³-hybridized carbons (Fsp3) is 0.250. The molecule has 0 aliphatic carbocycles. The number of hydrogen-bond acceptors (Lipinski definition) is 4. The zero-order valence-corrected chi connectivity index (χ0v) is 11.3. The Hall–Kier alpha value is -1.33. The average molecular weight is 287 g/mol. The van der Waals surface area contributed by atoms with Crippen molar-refractivity contribution in [2.24, 2.45) is 0 Å². The Bertz CT molecular complexity index is 533. The fourth-order valence-electron chi connectivity index (χ4n) is 1.33. The summed E-state index contributed by atoms with van der Waals surface area (Å²) in [4.78, 5) is 5.18. The molecule has 2 aromatic rings. The second-order valence-electron chi connectivity index (χ2n) is 3.53. The molecule has 0 saturated carbocycles. The lowest BCUT2D eigenvalue weighted by molar-refractivity contribution is 0.309. The fourth-order valence-corrected chi connectivity index (χ4v) is 2.29. The summed E-state index contributed by atoms with van der Waals surface area (Å²) in [6.45, 7) is 3.24.